The minimum atomic E-state index is -0.454. The van der Waals surface area contributed by atoms with E-state index in [-0.39, 0.29) is 28.5 Å². The summed E-state index contributed by atoms with van der Waals surface area (Å²) in [6.07, 6.45) is 1.63. The predicted octanol–water partition coefficient (Wildman–Crippen LogP) is 21.8. The Morgan fingerprint density at radius 1 is 0.443 bits per heavy atom. The molecule has 0 bridgehead atoms. The number of imidazole rings is 1. The molecule has 11 aromatic carbocycles. The van der Waals surface area contributed by atoms with Gasteiger partial charge in [-0.3, -0.25) is 0 Å². The van der Waals surface area contributed by atoms with Crippen LogP contribution in [0.25, 0.3) is 78.0 Å². The zero-order valence-electron chi connectivity index (χ0n) is 55.0. The number of aryl methyl sites for hydroxylation is 1. The molecule has 1 aliphatic rings. The topological polar surface area (TPSA) is 38.5 Å². The van der Waals surface area contributed by atoms with Crippen molar-refractivity contribution in [2.75, 3.05) is 9.80 Å². The molecular weight excluding hydrogens is 1250 g/mol. The van der Waals surface area contributed by atoms with E-state index in [2.05, 4.69) is 292 Å². The van der Waals surface area contributed by atoms with E-state index < -0.39 is 18.1 Å². The van der Waals surface area contributed by atoms with Gasteiger partial charge in [0.2, 0.25) is 0 Å². The van der Waals surface area contributed by atoms with Crippen LogP contribution in [0.15, 0.2) is 267 Å². The van der Waals surface area contributed by atoms with Gasteiger partial charge in [0.15, 0.2) is 0 Å². The van der Waals surface area contributed by atoms with Gasteiger partial charge >= 0.3 is 306 Å². The van der Waals surface area contributed by atoms with Crippen molar-refractivity contribution in [3.63, 3.8) is 0 Å². The van der Waals surface area contributed by atoms with Gasteiger partial charge in [-0.15, -0.1) is 0 Å². The van der Waals surface area contributed by atoms with Crippen molar-refractivity contribution in [2.24, 2.45) is 0 Å². The minimum Gasteiger partial charge on any atom is -0.0616 e. The summed E-state index contributed by atoms with van der Waals surface area (Å²) in [5, 5.41) is 0. The number of anilines is 6. The van der Waals surface area contributed by atoms with Crippen molar-refractivity contribution in [3.05, 3.63) is 300 Å². The van der Waals surface area contributed by atoms with Gasteiger partial charge in [-0.05, 0) is 64.3 Å². The number of rotatable bonds is 9. The number of fused-ring (bicyclic) bond motifs is 7. The molecule has 14 rings (SSSR count). The summed E-state index contributed by atoms with van der Waals surface area (Å²) < 4.78 is 56.4. The van der Waals surface area contributed by atoms with E-state index in [4.69, 9.17) is 16.6 Å². The predicted molar refractivity (Wildman–Crippen MR) is 360 cm³/mol. The summed E-state index contributed by atoms with van der Waals surface area (Å²) in [5.74, 6) is 1.40. The Morgan fingerprint density at radius 3 is 1.59 bits per heavy atom. The Kier molecular flexibility index (Phi) is 13.0. The molecule has 0 spiro atoms. The number of pyridine rings is 1. The first-order valence-electron chi connectivity index (χ1n) is 32.1. The molecule has 7 heteroatoms. The maximum atomic E-state index is 9.03. The normalized spacial score (nSPS) is 13.1. The van der Waals surface area contributed by atoms with Gasteiger partial charge in [0.1, 0.15) is 0 Å². The van der Waals surface area contributed by atoms with Gasteiger partial charge in [-0.2, -0.15) is 0 Å². The van der Waals surface area contributed by atoms with E-state index >= 15 is 0 Å². The van der Waals surface area contributed by atoms with Crippen LogP contribution in [0.3, 0.4) is 0 Å². The second kappa shape index (κ2) is 22.8. The van der Waals surface area contributed by atoms with Crippen molar-refractivity contribution in [1.29, 1.82) is 0 Å². The molecule has 2 aromatic heterocycles. The summed E-state index contributed by atoms with van der Waals surface area (Å²) in [4.78, 5) is 9.80. The number of benzene rings is 11. The molecule has 0 unspecified atom stereocenters. The molecule has 0 amide bonds. The van der Waals surface area contributed by atoms with E-state index in [0.29, 0.717) is 34.1 Å². The summed E-state index contributed by atoms with van der Waals surface area (Å²) in [5.41, 5.74) is 19.3. The van der Waals surface area contributed by atoms with Crippen LogP contribution < -0.4 is 14.5 Å². The van der Waals surface area contributed by atoms with Gasteiger partial charge < -0.3 is 4.90 Å². The first-order chi connectivity index (χ1) is 44.8. The minimum absolute atomic E-state index is 0.0829. The van der Waals surface area contributed by atoms with Gasteiger partial charge in [0.25, 0.3) is 0 Å². The van der Waals surface area contributed by atoms with Gasteiger partial charge in [0, 0.05) is 23.0 Å². The third-order valence-corrected chi connectivity index (χ3v) is 17.5. The molecule has 0 N–H and O–H groups in total. The van der Waals surface area contributed by atoms with Crippen molar-refractivity contribution in [2.45, 2.75) is 59.3 Å². The molecule has 88 heavy (non-hydrogen) atoms. The van der Waals surface area contributed by atoms with Crippen LogP contribution in [0.5, 0.6) is 11.5 Å². The Labute approximate surface area is 534 Å². The standard InChI is InChI=1S/C81H65N5O.Pt/c1-55-48-78(82-53-71(55)58-30-16-10-17-31-58)86-72-39-21-20-36-67(72)68-45-42-59(80(2,3)4)49-75(68)85(61-32-18-11-19-33-61)76-50-60(81(5,6)7)43-46-69(76)70-47-44-64(52-77(70)86)87-63-35-24-34-62(51-63)83-54-84(74-41-23-22-40-73(74)83)79-65(56-26-12-8-13-27-56)37-25-38-66(79)57-28-14-9-15-29-57;/h8-50,53H,1-7H3;/q-2;/i10D,16D,17D,30D,31D;. The van der Waals surface area contributed by atoms with Crippen LogP contribution in [-0.4, -0.2) is 14.1 Å². The van der Waals surface area contributed by atoms with Gasteiger partial charge in [-0.1, -0.05) is 126 Å². The fourth-order valence-electron chi connectivity index (χ4n) is 12.1. The summed E-state index contributed by atoms with van der Waals surface area (Å²) in [6.45, 7) is 15.4. The molecule has 6 nitrogen and oxygen atoms in total. The van der Waals surface area contributed by atoms with Crippen molar-refractivity contribution >= 4 is 45.3 Å². The molecule has 0 radical (unpaired) electrons. The molecule has 432 valence electrons. The number of hydrogen-bond acceptors (Lipinski definition) is 4. The first kappa shape index (κ1) is 50.3. The summed E-state index contributed by atoms with van der Waals surface area (Å²) in [6, 6.07) is 86.4. The molecule has 0 aliphatic carbocycles. The van der Waals surface area contributed by atoms with Crippen molar-refractivity contribution in [3.8, 4) is 78.5 Å². The quantitative estimate of drug-likeness (QED) is 0.135. The van der Waals surface area contributed by atoms with Crippen molar-refractivity contribution < 1.29 is 30.9 Å². The van der Waals surface area contributed by atoms with E-state index in [9.17, 15) is 0 Å². The third kappa shape index (κ3) is 10.3. The average Bonchev–Trinajstić information content (AvgIpc) is 1.60. The zero-order chi connectivity index (χ0) is 64.6. The van der Waals surface area contributed by atoms with Crippen molar-refractivity contribution in [1.82, 2.24) is 14.1 Å². The molecular formula is C81H65N5OPt-2. The monoisotopic (exact) mass is 1320 g/mol. The van der Waals surface area contributed by atoms with Gasteiger partial charge in [0.05, 0.1) is 12.5 Å². The number of aromatic nitrogens is 3. The van der Waals surface area contributed by atoms with Gasteiger partial charge in [-0.25, -0.2) is 0 Å². The third-order valence-electron chi connectivity index (χ3n) is 16.5. The molecule has 0 atom stereocenters. The van der Waals surface area contributed by atoms with Crippen LogP contribution in [0.4, 0.5) is 34.3 Å². The fourth-order valence-corrected chi connectivity index (χ4v) is 13.1. The molecule has 3 heterocycles. The Bertz CT molecular complexity index is 5060. The Hall–Kier alpha value is -9.87. The molecule has 0 saturated heterocycles. The number of para-hydroxylation sites is 5. The second-order valence-corrected chi connectivity index (χ2v) is 25.3. The fraction of sp³-hybridized carbons (Fsp3) is 0.111. The number of hydrogen-bond donors (Lipinski definition) is 0. The van der Waals surface area contributed by atoms with Crippen LogP contribution in [0.2, 0.25) is 0 Å². The number of nitrogens with zero attached hydrogens (tertiary/aromatic N) is 5. The smallest absolute Gasteiger partial charge is 0.0616 e. The molecule has 13 aromatic rings. The molecule has 0 saturated carbocycles. The van der Waals surface area contributed by atoms with E-state index in [1.54, 1.807) is 6.20 Å². The molecule has 1 aliphatic heterocycles. The number of ether oxygens (including phenoxy) is 1. The van der Waals surface area contributed by atoms with E-state index in [1.807, 2.05) is 37.3 Å². The first-order valence-corrected chi connectivity index (χ1v) is 30.7. The average molecular weight is 1320 g/mol. The van der Waals surface area contributed by atoms with Crippen LogP contribution in [-0.2, 0) is 30.2 Å². The SMILES string of the molecule is [2H]c1c([2H])c([2H])c(-c2cnc(N3c4[c-]c(Oc5[c-]c(-n6[c](=[Pt])n(-c7c(-c8ccccc8)cccc7-c7ccccc7)c7ccccc76)ccc5)ccc4-c4ccc(C(C)(C)C)cc4N(c4ccccc4)c4cc(C(C)(C)C)ccc4-c4ccccc43)cc2C)c([2H])c1[2H]. The second-order valence-electron chi connectivity index (χ2n) is 24.3. The van der Waals surface area contributed by atoms with Crippen LogP contribution in [0.1, 0.15) is 65.1 Å². The maximum absolute atomic E-state index is 9.03. The summed E-state index contributed by atoms with van der Waals surface area (Å²) in [7, 11) is 0. The summed E-state index contributed by atoms with van der Waals surface area (Å²) >= 11 is 2.46. The van der Waals surface area contributed by atoms with Crippen LogP contribution >= 0.6 is 0 Å². The Balaban J connectivity index is 0.998. The molecule has 0 fully saturated rings. The van der Waals surface area contributed by atoms with Crippen LogP contribution in [0, 0.1) is 22.9 Å². The van der Waals surface area contributed by atoms with E-state index in [1.165, 1.54) is 5.56 Å². The zero-order valence-corrected chi connectivity index (χ0v) is 52.2. The van der Waals surface area contributed by atoms with E-state index in [0.717, 1.165) is 99.0 Å². The Morgan fingerprint density at radius 2 is 0.966 bits per heavy atom.